The average Bonchev–Trinajstić information content (AvgIpc) is 3.27. The quantitative estimate of drug-likeness (QED) is 0.0344. The fourth-order valence-electron chi connectivity index (χ4n) is 8.66. The minimum Gasteiger partial charge on any atom is -0.462 e. The molecule has 0 radical (unpaired) electrons. The van der Waals surface area contributed by atoms with Gasteiger partial charge in [-0.05, 0) is 31.1 Å². The second-order valence-corrected chi connectivity index (χ2v) is 20.3. The Morgan fingerprint density at radius 3 is 0.905 bits per heavy atom. The first-order chi connectivity index (χ1) is 30.8. The molecule has 0 spiro atoms. The van der Waals surface area contributed by atoms with Gasteiger partial charge in [0.2, 0.25) is 0 Å². The number of carbonyl (C=O) groups is 3. The van der Waals surface area contributed by atoms with Crippen LogP contribution in [-0.2, 0) is 28.6 Å². The van der Waals surface area contributed by atoms with Gasteiger partial charge >= 0.3 is 17.9 Å². The summed E-state index contributed by atoms with van der Waals surface area (Å²) in [6.45, 7) is 11.4. The molecule has 0 bridgehead atoms. The third-order valence-electron chi connectivity index (χ3n) is 13.3. The van der Waals surface area contributed by atoms with Crippen LogP contribution in [0.2, 0.25) is 0 Å². The number of hydrogen-bond acceptors (Lipinski definition) is 6. The van der Waals surface area contributed by atoms with Crippen LogP contribution in [0.25, 0.3) is 0 Å². The molecular weight excluding hydrogens is 781 g/mol. The first-order valence-electron chi connectivity index (χ1n) is 28.3. The lowest BCUT2D eigenvalue weighted by Gasteiger charge is -2.18. The van der Waals surface area contributed by atoms with Gasteiger partial charge in [0.1, 0.15) is 13.2 Å². The lowest BCUT2D eigenvalue weighted by atomic mass is 9.99. The van der Waals surface area contributed by atoms with E-state index in [2.05, 4.69) is 34.6 Å². The van der Waals surface area contributed by atoms with Gasteiger partial charge in [-0.25, -0.2) is 0 Å². The van der Waals surface area contributed by atoms with E-state index in [4.69, 9.17) is 14.2 Å². The largest absolute Gasteiger partial charge is 0.462 e. The van der Waals surface area contributed by atoms with E-state index in [1.54, 1.807) is 0 Å². The van der Waals surface area contributed by atoms with Gasteiger partial charge in [0.05, 0.1) is 0 Å². The number of hydrogen-bond donors (Lipinski definition) is 0. The Labute approximate surface area is 393 Å². The molecule has 63 heavy (non-hydrogen) atoms. The Hall–Kier alpha value is -1.59. The summed E-state index contributed by atoms with van der Waals surface area (Å²) < 4.78 is 16.9. The number of esters is 3. The summed E-state index contributed by atoms with van der Waals surface area (Å²) >= 11 is 0. The van der Waals surface area contributed by atoms with E-state index < -0.39 is 6.10 Å². The molecule has 0 aliphatic heterocycles. The van der Waals surface area contributed by atoms with Crippen LogP contribution in [0.1, 0.15) is 317 Å². The monoisotopic (exact) mass is 891 g/mol. The van der Waals surface area contributed by atoms with Crippen LogP contribution in [0.4, 0.5) is 0 Å². The second kappa shape index (κ2) is 49.8. The summed E-state index contributed by atoms with van der Waals surface area (Å²) in [5.41, 5.74) is 0. The smallest absolute Gasteiger partial charge is 0.306 e. The standard InChI is InChI=1S/C57H110O6/c1-6-8-9-10-11-12-13-17-21-27-32-37-42-47-55(58)61-50-54(51-62-56(59)48-43-38-33-28-24-23-26-31-36-41-46-53(5)7-2)63-57(60)49-44-39-34-29-22-19-16-14-15-18-20-25-30-35-40-45-52(3)4/h52-54H,6-51H2,1-5H3/t53?,54-/m0/s1. The number of rotatable bonds is 51. The Kier molecular flexibility index (Phi) is 48.6. The normalized spacial score (nSPS) is 12.5. The highest BCUT2D eigenvalue weighted by atomic mass is 16.6. The van der Waals surface area contributed by atoms with Gasteiger partial charge in [0.25, 0.3) is 0 Å². The van der Waals surface area contributed by atoms with Crippen LogP contribution in [0.5, 0.6) is 0 Å². The van der Waals surface area contributed by atoms with Crippen LogP contribution in [0.15, 0.2) is 0 Å². The molecule has 6 nitrogen and oxygen atoms in total. The zero-order valence-electron chi connectivity index (χ0n) is 43.2. The number of ether oxygens (including phenoxy) is 3. The van der Waals surface area contributed by atoms with Crippen molar-refractivity contribution >= 4 is 17.9 Å². The van der Waals surface area contributed by atoms with Gasteiger partial charge in [-0.15, -0.1) is 0 Å². The summed E-state index contributed by atoms with van der Waals surface area (Å²) in [6, 6.07) is 0. The van der Waals surface area contributed by atoms with Gasteiger partial charge in [-0.2, -0.15) is 0 Å². The third kappa shape index (κ3) is 49.7. The molecule has 0 aliphatic rings. The van der Waals surface area contributed by atoms with Crippen molar-refractivity contribution in [2.45, 2.75) is 323 Å². The molecule has 0 aromatic carbocycles. The summed E-state index contributed by atoms with van der Waals surface area (Å²) in [6.07, 6.45) is 52.2. The maximum Gasteiger partial charge on any atom is 0.306 e. The molecule has 0 rings (SSSR count). The average molecular weight is 892 g/mol. The summed E-state index contributed by atoms with van der Waals surface area (Å²) in [4.78, 5) is 38.1. The van der Waals surface area contributed by atoms with Crippen molar-refractivity contribution in [2.75, 3.05) is 13.2 Å². The first-order valence-corrected chi connectivity index (χ1v) is 28.3. The molecule has 0 aromatic rings. The van der Waals surface area contributed by atoms with Crippen molar-refractivity contribution in [1.82, 2.24) is 0 Å². The number of unbranched alkanes of at least 4 members (excludes halogenated alkanes) is 35. The predicted molar refractivity (Wildman–Crippen MR) is 270 cm³/mol. The molecule has 0 saturated heterocycles. The van der Waals surface area contributed by atoms with Crippen molar-refractivity contribution in [3.63, 3.8) is 0 Å². The molecule has 0 amide bonds. The fraction of sp³-hybridized carbons (Fsp3) is 0.947. The Bertz CT molecular complexity index is 964. The molecule has 0 saturated carbocycles. The van der Waals surface area contributed by atoms with Gasteiger partial charge in [0.15, 0.2) is 6.10 Å². The van der Waals surface area contributed by atoms with Crippen LogP contribution >= 0.6 is 0 Å². The summed E-state index contributed by atoms with van der Waals surface area (Å²) in [7, 11) is 0. The predicted octanol–water partition coefficient (Wildman–Crippen LogP) is 18.5. The van der Waals surface area contributed by atoms with E-state index in [1.807, 2.05) is 0 Å². The molecule has 6 heteroatoms. The topological polar surface area (TPSA) is 78.9 Å². The number of carbonyl (C=O) groups excluding carboxylic acids is 3. The third-order valence-corrected chi connectivity index (χ3v) is 13.3. The maximum absolute atomic E-state index is 12.8. The molecule has 0 aliphatic carbocycles. The van der Waals surface area contributed by atoms with Gasteiger partial charge < -0.3 is 14.2 Å². The van der Waals surface area contributed by atoms with E-state index in [0.29, 0.717) is 19.3 Å². The van der Waals surface area contributed by atoms with Gasteiger partial charge in [-0.3, -0.25) is 14.4 Å². The van der Waals surface area contributed by atoms with Crippen LogP contribution in [0, 0.1) is 11.8 Å². The second-order valence-electron chi connectivity index (χ2n) is 20.3. The van der Waals surface area contributed by atoms with Crippen molar-refractivity contribution in [2.24, 2.45) is 11.8 Å². The lowest BCUT2D eigenvalue weighted by Crippen LogP contribution is -2.30. The fourth-order valence-corrected chi connectivity index (χ4v) is 8.66. The minimum absolute atomic E-state index is 0.0629. The highest BCUT2D eigenvalue weighted by molar-refractivity contribution is 5.71. The molecular formula is C57H110O6. The zero-order valence-corrected chi connectivity index (χ0v) is 43.2. The van der Waals surface area contributed by atoms with Crippen LogP contribution in [-0.4, -0.2) is 37.2 Å². The first kappa shape index (κ1) is 61.4. The summed E-state index contributed by atoms with van der Waals surface area (Å²) in [5, 5.41) is 0. The minimum atomic E-state index is -0.762. The van der Waals surface area contributed by atoms with Gasteiger partial charge in [0, 0.05) is 19.3 Å². The highest BCUT2D eigenvalue weighted by Gasteiger charge is 2.19. The Morgan fingerprint density at radius 2 is 0.603 bits per heavy atom. The zero-order chi connectivity index (χ0) is 46.1. The van der Waals surface area contributed by atoms with Gasteiger partial charge in [-0.1, -0.05) is 279 Å². The molecule has 2 atom stereocenters. The molecule has 0 heterocycles. The van der Waals surface area contributed by atoms with Crippen molar-refractivity contribution in [1.29, 1.82) is 0 Å². The Balaban J connectivity index is 4.30. The van der Waals surface area contributed by atoms with Crippen molar-refractivity contribution < 1.29 is 28.6 Å². The molecule has 0 aromatic heterocycles. The SMILES string of the molecule is CCCCCCCCCCCCCCCC(=O)OC[C@@H](COC(=O)CCCCCCCCCCCCC(C)CC)OC(=O)CCCCCCCCCCCCCCCCCC(C)C. The molecule has 374 valence electrons. The van der Waals surface area contributed by atoms with Crippen LogP contribution in [0.3, 0.4) is 0 Å². The molecule has 1 unspecified atom stereocenters. The van der Waals surface area contributed by atoms with E-state index in [9.17, 15) is 14.4 Å². The van der Waals surface area contributed by atoms with Crippen LogP contribution < -0.4 is 0 Å². The van der Waals surface area contributed by atoms with E-state index in [0.717, 1.165) is 69.6 Å². The molecule has 0 N–H and O–H groups in total. The lowest BCUT2D eigenvalue weighted by molar-refractivity contribution is -0.167. The van der Waals surface area contributed by atoms with Crippen molar-refractivity contribution in [3.8, 4) is 0 Å². The van der Waals surface area contributed by atoms with E-state index >= 15 is 0 Å². The van der Waals surface area contributed by atoms with E-state index in [-0.39, 0.29) is 31.1 Å². The highest BCUT2D eigenvalue weighted by Crippen LogP contribution is 2.18. The van der Waals surface area contributed by atoms with E-state index in [1.165, 1.54) is 205 Å². The Morgan fingerprint density at radius 1 is 0.333 bits per heavy atom. The van der Waals surface area contributed by atoms with Crippen molar-refractivity contribution in [3.05, 3.63) is 0 Å². The maximum atomic E-state index is 12.8. The summed E-state index contributed by atoms with van der Waals surface area (Å²) in [5.74, 6) is 0.876. The molecule has 0 fully saturated rings.